The van der Waals surface area contributed by atoms with E-state index in [1.165, 1.54) is 30.7 Å². The standard InChI is InChI=1S/C22H15F2N5O3S2/c1-32-20-17(28-34(30,31)19-8-7-15(23)10-16(19)24)9-14(11-25-20)21-27-29-18(12-26-22(29)33-21)13-5-3-2-4-6-13/h2-12,28H,1H3. The van der Waals surface area contributed by atoms with Gasteiger partial charge in [0, 0.05) is 23.4 Å². The summed E-state index contributed by atoms with van der Waals surface area (Å²) in [6.45, 7) is 0. The normalized spacial score (nSPS) is 11.6. The molecule has 0 spiro atoms. The Kier molecular flexibility index (Phi) is 5.46. The zero-order valence-corrected chi connectivity index (χ0v) is 19.1. The summed E-state index contributed by atoms with van der Waals surface area (Å²) in [4.78, 5) is 8.49. The van der Waals surface area contributed by atoms with E-state index in [1.807, 2.05) is 30.3 Å². The van der Waals surface area contributed by atoms with Crippen LogP contribution in [0.15, 0.2) is 71.9 Å². The van der Waals surface area contributed by atoms with Gasteiger partial charge >= 0.3 is 0 Å². The number of halogens is 2. The molecule has 1 N–H and O–H groups in total. The lowest BCUT2D eigenvalue weighted by molar-refractivity contribution is 0.400. The molecule has 0 saturated carbocycles. The van der Waals surface area contributed by atoms with Crippen LogP contribution in [0.5, 0.6) is 5.88 Å². The number of rotatable bonds is 6. The molecule has 5 aromatic rings. The zero-order valence-electron chi connectivity index (χ0n) is 17.4. The van der Waals surface area contributed by atoms with Gasteiger partial charge in [-0.05, 0) is 18.2 Å². The number of fused-ring (bicyclic) bond motifs is 1. The second kappa shape index (κ2) is 8.47. The molecular weight excluding hydrogens is 484 g/mol. The van der Waals surface area contributed by atoms with Crippen LogP contribution in [-0.2, 0) is 10.0 Å². The van der Waals surface area contributed by atoms with Crippen LogP contribution in [0.25, 0.3) is 26.8 Å². The molecule has 0 radical (unpaired) electrons. The fraction of sp³-hybridized carbons (Fsp3) is 0.0455. The Morgan fingerprint density at radius 2 is 1.79 bits per heavy atom. The quantitative estimate of drug-likeness (QED) is 0.367. The number of anilines is 1. The van der Waals surface area contributed by atoms with Crippen molar-refractivity contribution in [3.8, 4) is 27.7 Å². The molecule has 3 heterocycles. The summed E-state index contributed by atoms with van der Waals surface area (Å²) in [5, 5.41) is 5.14. The average Bonchev–Trinajstić information content (AvgIpc) is 3.40. The first kappa shape index (κ1) is 21.9. The van der Waals surface area contributed by atoms with Gasteiger partial charge in [-0.2, -0.15) is 5.10 Å². The van der Waals surface area contributed by atoms with Crippen molar-refractivity contribution in [2.24, 2.45) is 0 Å². The van der Waals surface area contributed by atoms with Crippen LogP contribution in [0.1, 0.15) is 0 Å². The maximum atomic E-state index is 14.1. The van der Waals surface area contributed by atoms with Crippen LogP contribution in [0.3, 0.4) is 0 Å². The Hall–Kier alpha value is -3.90. The van der Waals surface area contributed by atoms with E-state index in [9.17, 15) is 17.2 Å². The Labute approximate surface area is 196 Å². The number of benzene rings is 2. The highest BCUT2D eigenvalue weighted by Gasteiger charge is 2.23. The molecule has 0 amide bonds. The molecule has 0 unspecified atom stereocenters. The van der Waals surface area contributed by atoms with Gasteiger partial charge in [0.2, 0.25) is 10.8 Å². The van der Waals surface area contributed by atoms with Gasteiger partial charge in [-0.3, -0.25) is 4.72 Å². The van der Waals surface area contributed by atoms with Gasteiger partial charge in [-0.15, -0.1) is 0 Å². The van der Waals surface area contributed by atoms with Crippen molar-refractivity contribution in [1.82, 2.24) is 19.6 Å². The predicted molar refractivity (Wildman–Crippen MR) is 123 cm³/mol. The van der Waals surface area contributed by atoms with E-state index in [1.54, 1.807) is 10.7 Å². The molecule has 0 aliphatic heterocycles. The Morgan fingerprint density at radius 3 is 2.53 bits per heavy atom. The number of methoxy groups -OCH3 is 1. The van der Waals surface area contributed by atoms with Crippen molar-refractivity contribution in [1.29, 1.82) is 0 Å². The zero-order chi connectivity index (χ0) is 23.9. The minimum Gasteiger partial charge on any atom is -0.480 e. The topological polar surface area (TPSA) is 98.5 Å². The molecule has 2 aromatic carbocycles. The van der Waals surface area contributed by atoms with Crippen molar-refractivity contribution in [2.45, 2.75) is 4.90 Å². The summed E-state index contributed by atoms with van der Waals surface area (Å²) >= 11 is 1.29. The molecule has 34 heavy (non-hydrogen) atoms. The molecule has 0 atom stereocenters. The van der Waals surface area contributed by atoms with Crippen molar-refractivity contribution < 1.29 is 21.9 Å². The molecule has 8 nitrogen and oxygen atoms in total. The van der Waals surface area contributed by atoms with Gasteiger partial charge in [-0.25, -0.2) is 31.7 Å². The molecule has 0 fully saturated rings. The number of nitrogens with zero attached hydrogens (tertiary/aromatic N) is 4. The van der Waals surface area contributed by atoms with Crippen LogP contribution in [0.2, 0.25) is 0 Å². The lowest BCUT2D eigenvalue weighted by Gasteiger charge is -2.12. The maximum absolute atomic E-state index is 14.1. The largest absolute Gasteiger partial charge is 0.480 e. The summed E-state index contributed by atoms with van der Waals surface area (Å²) in [5.41, 5.74) is 2.20. The van der Waals surface area contributed by atoms with E-state index >= 15 is 0 Å². The van der Waals surface area contributed by atoms with Gasteiger partial charge in [0.1, 0.15) is 27.2 Å². The second-order valence-corrected chi connectivity index (χ2v) is 9.68. The lowest BCUT2D eigenvalue weighted by atomic mass is 10.2. The lowest BCUT2D eigenvalue weighted by Crippen LogP contribution is -2.15. The van der Waals surface area contributed by atoms with E-state index in [2.05, 4.69) is 19.8 Å². The predicted octanol–water partition coefficient (Wildman–Crippen LogP) is 4.61. The Morgan fingerprint density at radius 1 is 1.00 bits per heavy atom. The van der Waals surface area contributed by atoms with Crippen molar-refractivity contribution in [3.05, 3.63) is 78.6 Å². The number of imidazole rings is 1. The van der Waals surface area contributed by atoms with Gasteiger partial charge in [0.15, 0.2) is 0 Å². The van der Waals surface area contributed by atoms with Crippen molar-refractivity contribution in [3.63, 3.8) is 0 Å². The molecule has 5 rings (SSSR count). The minimum absolute atomic E-state index is 0.0267. The van der Waals surface area contributed by atoms with Crippen LogP contribution in [0.4, 0.5) is 14.5 Å². The van der Waals surface area contributed by atoms with Crippen LogP contribution in [0, 0.1) is 11.6 Å². The summed E-state index contributed by atoms with van der Waals surface area (Å²) in [6.07, 6.45) is 3.20. The number of sulfonamides is 1. The molecule has 0 bridgehead atoms. The van der Waals surface area contributed by atoms with E-state index in [-0.39, 0.29) is 11.6 Å². The average molecular weight is 500 g/mol. The van der Waals surface area contributed by atoms with Gasteiger partial charge < -0.3 is 4.74 Å². The summed E-state index contributed by atoms with van der Waals surface area (Å²) < 4.78 is 62.0. The molecule has 172 valence electrons. The fourth-order valence-electron chi connectivity index (χ4n) is 3.31. The van der Waals surface area contributed by atoms with E-state index in [0.29, 0.717) is 21.6 Å². The summed E-state index contributed by atoms with van der Waals surface area (Å²) in [5.74, 6) is -2.13. The first-order valence-corrected chi connectivity index (χ1v) is 12.1. The van der Waals surface area contributed by atoms with Crippen LogP contribution < -0.4 is 9.46 Å². The number of ether oxygens (including phenoxy) is 1. The first-order chi connectivity index (χ1) is 16.4. The minimum atomic E-state index is -4.40. The van der Waals surface area contributed by atoms with Crippen LogP contribution >= 0.6 is 11.3 Å². The highest BCUT2D eigenvalue weighted by molar-refractivity contribution is 7.92. The first-order valence-electron chi connectivity index (χ1n) is 9.78. The third-order valence-electron chi connectivity index (χ3n) is 4.87. The third-order valence-corrected chi connectivity index (χ3v) is 7.24. The highest BCUT2D eigenvalue weighted by Crippen LogP contribution is 2.33. The highest BCUT2D eigenvalue weighted by atomic mass is 32.2. The van der Waals surface area contributed by atoms with E-state index in [0.717, 1.165) is 23.4 Å². The maximum Gasteiger partial charge on any atom is 0.264 e. The Balaban J connectivity index is 1.54. The number of nitrogens with one attached hydrogen (secondary N) is 1. The van der Waals surface area contributed by atoms with Crippen molar-refractivity contribution in [2.75, 3.05) is 11.8 Å². The number of hydrogen-bond acceptors (Lipinski definition) is 7. The van der Waals surface area contributed by atoms with E-state index in [4.69, 9.17) is 4.74 Å². The van der Waals surface area contributed by atoms with Gasteiger partial charge in [0.25, 0.3) is 10.0 Å². The number of aromatic nitrogens is 4. The third kappa shape index (κ3) is 3.97. The molecule has 0 saturated heterocycles. The fourth-order valence-corrected chi connectivity index (χ4v) is 5.28. The summed E-state index contributed by atoms with van der Waals surface area (Å²) in [7, 11) is -3.07. The van der Waals surface area contributed by atoms with Gasteiger partial charge in [-0.1, -0.05) is 41.7 Å². The molecular formula is C22H15F2N5O3S2. The number of hydrogen-bond donors (Lipinski definition) is 1. The second-order valence-electron chi connectivity index (χ2n) is 7.07. The smallest absolute Gasteiger partial charge is 0.264 e. The molecule has 12 heteroatoms. The number of pyridine rings is 1. The molecule has 3 aromatic heterocycles. The Bertz CT molecular complexity index is 1620. The molecule has 0 aliphatic carbocycles. The molecule has 0 aliphatic rings. The van der Waals surface area contributed by atoms with Crippen LogP contribution in [-0.4, -0.2) is 35.1 Å². The SMILES string of the molecule is COc1ncc(-c2nn3c(-c4ccccc4)cnc3s2)cc1NS(=O)(=O)c1ccc(F)cc1F. The van der Waals surface area contributed by atoms with Crippen molar-refractivity contribution >= 4 is 32.0 Å². The summed E-state index contributed by atoms with van der Waals surface area (Å²) in [6, 6.07) is 13.3. The van der Waals surface area contributed by atoms with E-state index < -0.39 is 26.6 Å². The van der Waals surface area contributed by atoms with Gasteiger partial charge in [0.05, 0.1) is 19.0 Å². The monoisotopic (exact) mass is 499 g/mol.